The van der Waals surface area contributed by atoms with Crippen LogP contribution in [0.1, 0.15) is 22.3 Å². The molecule has 0 aliphatic heterocycles. The summed E-state index contributed by atoms with van der Waals surface area (Å²) in [6, 6.07) is 21.9. The minimum Gasteiger partial charge on any atom is -0.489 e. The van der Waals surface area contributed by atoms with Crippen LogP contribution >= 0.6 is 11.6 Å². The summed E-state index contributed by atoms with van der Waals surface area (Å²) in [5, 5.41) is 18.2. The van der Waals surface area contributed by atoms with Gasteiger partial charge in [0, 0.05) is 40.5 Å². The monoisotopic (exact) mass is 482 g/mol. The molecule has 7 heteroatoms. The quantitative estimate of drug-likeness (QED) is 0.258. The van der Waals surface area contributed by atoms with E-state index in [0.717, 1.165) is 33.2 Å². The van der Waals surface area contributed by atoms with Crippen LogP contribution in [0.15, 0.2) is 85.3 Å². The highest BCUT2D eigenvalue weighted by Gasteiger charge is 2.11. The lowest BCUT2D eigenvalue weighted by molar-refractivity contribution is 0.306. The van der Waals surface area contributed by atoms with E-state index in [1.54, 1.807) is 24.5 Å². The van der Waals surface area contributed by atoms with Crippen LogP contribution in [0.25, 0.3) is 22.6 Å². The van der Waals surface area contributed by atoms with Crippen LogP contribution in [-0.4, -0.2) is 14.8 Å². The summed E-state index contributed by atoms with van der Waals surface area (Å²) >= 11 is 6.29. The van der Waals surface area contributed by atoms with E-state index in [2.05, 4.69) is 20.8 Å². The number of nitrogens with zero attached hydrogens (tertiary/aromatic N) is 3. The zero-order valence-corrected chi connectivity index (χ0v) is 19.3. The first kappa shape index (κ1) is 22.5. The number of benzene rings is 3. The molecule has 0 radical (unpaired) electrons. The van der Waals surface area contributed by atoms with Gasteiger partial charge in [-0.25, -0.2) is 4.39 Å². The number of aromatic amines is 1. The van der Waals surface area contributed by atoms with Crippen LogP contribution in [0, 0.1) is 17.1 Å². The molecule has 0 amide bonds. The lowest BCUT2D eigenvalue weighted by Crippen LogP contribution is -1.97. The maximum atomic E-state index is 13.4. The van der Waals surface area contributed by atoms with Crippen molar-refractivity contribution in [1.82, 2.24) is 14.8 Å². The van der Waals surface area contributed by atoms with E-state index in [9.17, 15) is 9.65 Å². The van der Waals surface area contributed by atoms with Gasteiger partial charge in [0.1, 0.15) is 18.2 Å². The van der Waals surface area contributed by atoms with Gasteiger partial charge in [0.15, 0.2) is 0 Å². The normalized spacial score (nSPS) is 11.5. The number of ether oxygens (including phenoxy) is 1. The second kappa shape index (κ2) is 9.88. The molecule has 172 valence electrons. The third kappa shape index (κ3) is 5.11. The van der Waals surface area contributed by atoms with E-state index in [-0.39, 0.29) is 5.82 Å². The Hall–Kier alpha value is -4.34. The molecule has 0 fully saturated rings. The van der Waals surface area contributed by atoms with Crippen LogP contribution in [-0.2, 0) is 13.2 Å². The molecule has 0 spiro atoms. The van der Waals surface area contributed by atoms with Crippen molar-refractivity contribution >= 4 is 34.2 Å². The van der Waals surface area contributed by atoms with Gasteiger partial charge < -0.3 is 9.30 Å². The van der Waals surface area contributed by atoms with Crippen molar-refractivity contribution in [3.05, 3.63) is 118 Å². The first-order valence-electron chi connectivity index (χ1n) is 10.9. The van der Waals surface area contributed by atoms with Gasteiger partial charge in [-0.05, 0) is 53.6 Å². The summed E-state index contributed by atoms with van der Waals surface area (Å²) in [6.07, 6.45) is 7.34. The second-order valence-corrected chi connectivity index (χ2v) is 8.53. The van der Waals surface area contributed by atoms with Crippen LogP contribution in [0.2, 0.25) is 5.02 Å². The summed E-state index contributed by atoms with van der Waals surface area (Å²) in [7, 11) is 0. The Morgan fingerprint density at radius 2 is 1.97 bits per heavy atom. The van der Waals surface area contributed by atoms with Gasteiger partial charge in [0.25, 0.3) is 0 Å². The molecule has 5 rings (SSSR count). The third-order valence-corrected chi connectivity index (χ3v) is 5.90. The molecule has 0 unspecified atom stereocenters. The van der Waals surface area contributed by atoms with Crippen LogP contribution < -0.4 is 4.74 Å². The van der Waals surface area contributed by atoms with Crippen LogP contribution in [0.5, 0.6) is 5.75 Å². The van der Waals surface area contributed by atoms with E-state index < -0.39 is 0 Å². The SMILES string of the molecule is N#CC(=Cc1cn(Cc2ccc(F)cc2)c2cc(Cl)ccc12)c1cccc(OCc2cn[nH]c2)c1. The van der Waals surface area contributed by atoms with Crippen molar-refractivity contribution in [3.63, 3.8) is 0 Å². The molecule has 0 aliphatic carbocycles. The van der Waals surface area contributed by atoms with E-state index >= 15 is 0 Å². The highest BCUT2D eigenvalue weighted by molar-refractivity contribution is 6.31. The Morgan fingerprint density at radius 1 is 1.11 bits per heavy atom. The molecular weight excluding hydrogens is 463 g/mol. The van der Waals surface area contributed by atoms with Gasteiger partial charge in [-0.15, -0.1) is 0 Å². The fourth-order valence-corrected chi connectivity index (χ4v) is 4.10. The first-order valence-corrected chi connectivity index (χ1v) is 11.3. The number of rotatable bonds is 7. The summed E-state index contributed by atoms with van der Waals surface area (Å²) < 4.78 is 21.3. The van der Waals surface area contributed by atoms with Gasteiger partial charge >= 0.3 is 0 Å². The Labute approximate surface area is 206 Å². The molecule has 2 heterocycles. The van der Waals surface area contributed by atoms with Gasteiger partial charge in [-0.2, -0.15) is 10.4 Å². The van der Waals surface area contributed by atoms with Gasteiger partial charge in [0.05, 0.1) is 23.4 Å². The van der Waals surface area contributed by atoms with Crippen molar-refractivity contribution in [2.24, 2.45) is 0 Å². The molecule has 2 aromatic heterocycles. The predicted molar refractivity (Wildman–Crippen MR) is 135 cm³/mol. The standard InChI is InChI=1S/C28H20ClFN4O/c29-24-6-9-27-23(17-34(28(27)12-24)16-19-4-7-25(30)8-5-19)10-22(13-31)21-2-1-3-26(11-21)35-18-20-14-32-33-15-20/h1-12,14-15,17H,16,18H2,(H,32,33). The molecule has 5 aromatic rings. The number of nitriles is 1. The van der Waals surface area contributed by atoms with Gasteiger partial charge in [-0.1, -0.05) is 41.9 Å². The predicted octanol–water partition coefficient (Wildman–Crippen LogP) is 6.85. The van der Waals surface area contributed by atoms with Crippen molar-refractivity contribution in [1.29, 1.82) is 5.26 Å². The number of halogens is 2. The molecule has 3 aromatic carbocycles. The lowest BCUT2D eigenvalue weighted by atomic mass is 10.0. The van der Waals surface area contributed by atoms with Crippen LogP contribution in [0.3, 0.4) is 0 Å². The summed E-state index contributed by atoms with van der Waals surface area (Å²) in [5.74, 6) is 0.391. The summed E-state index contributed by atoms with van der Waals surface area (Å²) in [4.78, 5) is 0. The van der Waals surface area contributed by atoms with Crippen molar-refractivity contribution < 1.29 is 9.13 Å². The average molecular weight is 483 g/mol. The molecular formula is C28H20ClFN4O. The summed E-state index contributed by atoms with van der Waals surface area (Å²) in [5.41, 5.74) is 4.98. The molecule has 0 saturated heterocycles. The second-order valence-electron chi connectivity index (χ2n) is 8.09. The van der Waals surface area contributed by atoms with Crippen molar-refractivity contribution in [2.75, 3.05) is 0 Å². The minimum absolute atomic E-state index is 0.271. The molecule has 1 N–H and O–H groups in total. The lowest BCUT2D eigenvalue weighted by Gasteiger charge is -2.06. The van der Waals surface area contributed by atoms with E-state index in [4.69, 9.17) is 16.3 Å². The van der Waals surface area contributed by atoms with E-state index in [1.165, 1.54) is 12.1 Å². The summed E-state index contributed by atoms with van der Waals surface area (Å²) in [6.45, 7) is 0.924. The van der Waals surface area contributed by atoms with E-state index in [1.807, 2.05) is 54.7 Å². The van der Waals surface area contributed by atoms with Crippen molar-refractivity contribution in [3.8, 4) is 11.8 Å². The number of hydrogen-bond acceptors (Lipinski definition) is 3. The number of allylic oxidation sites excluding steroid dienone is 1. The zero-order chi connectivity index (χ0) is 24.2. The van der Waals surface area contributed by atoms with Crippen LogP contribution in [0.4, 0.5) is 4.39 Å². The number of nitrogens with one attached hydrogen (secondary N) is 1. The number of H-pyrrole nitrogens is 1. The fourth-order valence-electron chi connectivity index (χ4n) is 3.94. The molecule has 0 saturated carbocycles. The molecule has 35 heavy (non-hydrogen) atoms. The first-order chi connectivity index (χ1) is 17.1. The Morgan fingerprint density at radius 3 is 2.74 bits per heavy atom. The molecule has 5 nitrogen and oxygen atoms in total. The molecule has 0 aliphatic rings. The van der Waals surface area contributed by atoms with E-state index in [0.29, 0.717) is 29.5 Å². The van der Waals surface area contributed by atoms with Gasteiger partial charge in [-0.3, -0.25) is 5.10 Å². The highest BCUT2D eigenvalue weighted by atomic mass is 35.5. The highest BCUT2D eigenvalue weighted by Crippen LogP contribution is 2.30. The average Bonchev–Trinajstić information content (AvgIpc) is 3.51. The Kier molecular flexibility index (Phi) is 6.34. The Balaban J connectivity index is 1.49. The maximum absolute atomic E-state index is 13.4. The number of aromatic nitrogens is 3. The molecule has 0 bridgehead atoms. The minimum atomic E-state index is -0.271. The zero-order valence-electron chi connectivity index (χ0n) is 18.6. The Bertz CT molecular complexity index is 1550. The molecule has 0 atom stereocenters. The van der Waals surface area contributed by atoms with Gasteiger partial charge in [0.2, 0.25) is 0 Å². The number of hydrogen-bond donors (Lipinski definition) is 1. The maximum Gasteiger partial charge on any atom is 0.123 e. The largest absolute Gasteiger partial charge is 0.489 e. The smallest absolute Gasteiger partial charge is 0.123 e. The fraction of sp³-hybridized carbons (Fsp3) is 0.0714. The third-order valence-electron chi connectivity index (χ3n) is 5.67. The van der Waals surface area contributed by atoms with Crippen molar-refractivity contribution in [2.45, 2.75) is 13.2 Å². The topological polar surface area (TPSA) is 66.6 Å². The number of fused-ring (bicyclic) bond motifs is 1.